The molecule has 1 aromatic heterocycles. The van der Waals surface area contributed by atoms with Gasteiger partial charge in [-0.2, -0.15) is 0 Å². The van der Waals surface area contributed by atoms with Crippen molar-refractivity contribution < 1.29 is 19.4 Å². The van der Waals surface area contributed by atoms with Crippen LogP contribution in [-0.2, 0) is 11.4 Å². The van der Waals surface area contributed by atoms with E-state index < -0.39 is 5.97 Å². The van der Waals surface area contributed by atoms with Crippen molar-refractivity contribution in [1.82, 2.24) is 10.3 Å². The highest BCUT2D eigenvalue weighted by Crippen LogP contribution is 2.10. The third kappa shape index (κ3) is 7.03. The number of aliphatic carboxylic acids is 1. The summed E-state index contributed by atoms with van der Waals surface area (Å²) in [6.45, 7) is 0.945. The van der Waals surface area contributed by atoms with E-state index in [1.807, 2.05) is 30.3 Å². The molecule has 2 aromatic rings. The first-order valence-electron chi connectivity index (χ1n) is 8.28. The van der Waals surface area contributed by atoms with Crippen molar-refractivity contribution in [3.63, 3.8) is 0 Å². The van der Waals surface area contributed by atoms with E-state index in [9.17, 15) is 9.59 Å². The highest BCUT2D eigenvalue weighted by molar-refractivity contribution is 5.93. The number of ether oxygens (including phenoxy) is 1. The molecule has 6 heteroatoms. The molecule has 0 aliphatic carbocycles. The van der Waals surface area contributed by atoms with Gasteiger partial charge in [0.15, 0.2) is 0 Å². The van der Waals surface area contributed by atoms with Gasteiger partial charge >= 0.3 is 5.97 Å². The zero-order valence-electron chi connectivity index (χ0n) is 14.0. The summed E-state index contributed by atoms with van der Waals surface area (Å²) in [5, 5.41) is 11.3. The van der Waals surface area contributed by atoms with E-state index in [4.69, 9.17) is 9.84 Å². The first-order chi connectivity index (χ1) is 12.1. The van der Waals surface area contributed by atoms with Gasteiger partial charge in [0, 0.05) is 25.2 Å². The number of amides is 1. The van der Waals surface area contributed by atoms with Gasteiger partial charge in [-0.15, -0.1) is 0 Å². The van der Waals surface area contributed by atoms with Gasteiger partial charge in [0.1, 0.15) is 6.61 Å². The fourth-order valence-electron chi connectivity index (χ4n) is 2.21. The molecule has 1 aromatic carbocycles. The number of pyridine rings is 1. The molecule has 0 radical (unpaired) electrons. The topological polar surface area (TPSA) is 88.5 Å². The Hall–Kier alpha value is -2.89. The summed E-state index contributed by atoms with van der Waals surface area (Å²) in [4.78, 5) is 26.5. The lowest BCUT2D eigenvalue weighted by atomic mass is 10.2. The first kappa shape index (κ1) is 18.4. The number of nitrogens with one attached hydrogen (secondary N) is 1. The quantitative estimate of drug-likeness (QED) is 0.648. The average molecular weight is 342 g/mol. The Morgan fingerprint density at radius 1 is 1.04 bits per heavy atom. The van der Waals surface area contributed by atoms with E-state index in [-0.39, 0.29) is 12.3 Å². The van der Waals surface area contributed by atoms with E-state index in [1.165, 1.54) is 6.20 Å². The second-order valence-corrected chi connectivity index (χ2v) is 5.62. The van der Waals surface area contributed by atoms with Crippen LogP contribution in [0.1, 0.15) is 41.6 Å². The molecule has 25 heavy (non-hydrogen) atoms. The second-order valence-electron chi connectivity index (χ2n) is 5.62. The Morgan fingerprint density at radius 2 is 1.84 bits per heavy atom. The maximum Gasteiger partial charge on any atom is 0.303 e. The molecule has 6 nitrogen and oxygen atoms in total. The van der Waals surface area contributed by atoms with Crippen molar-refractivity contribution in [3.05, 3.63) is 59.8 Å². The Labute approximate surface area is 146 Å². The SMILES string of the molecule is O=C(O)CCCCCNC(=O)c1ccc(OCc2ccccc2)nc1. The predicted octanol–water partition coefficient (Wildman–Crippen LogP) is 3.04. The van der Waals surface area contributed by atoms with Crippen LogP contribution in [0.5, 0.6) is 5.88 Å². The largest absolute Gasteiger partial charge is 0.481 e. The zero-order chi connectivity index (χ0) is 17.9. The number of carboxylic acid groups (broad SMARTS) is 1. The van der Waals surface area contributed by atoms with Gasteiger partial charge in [-0.05, 0) is 24.5 Å². The summed E-state index contributed by atoms with van der Waals surface area (Å²) in [6.07, 6.45) is 3.81. The molecule has 132 valence electrons. The van der Waals surface area contributed by atoms with Gasteiger partial charge in [0.05, 0.1) is 5.56 Å². The van der Waals surface area contributed by atoms with Crippen LogP contribution in [0.4, 0.5) is 0 Å². The smallest absolute Gasteiger partial charge is 0.303 e. The van der Waals surface area contributed by atoms with Gasteiger partial charge in [0.25, 0.3) is 5.91 Å². The lowest BCUT2D eigenvalue weighted by Crippen LogP contribution is -2.24. The number of rotatable bonds is 10. The molecule has 2 N–H and O–H groups in total. The number of carbonyl (C=O) groups excluding carboxylic acids is 1. The number of carbonyl (C=O) groups is 2. The van der Waals surface area contributed by atoms with Crippen LogP contribution in [-0.4, -0.2) is 28.5 Å². The Kier molecular flexibility index (Phi) is 7.43. The normalized spacial score (nSPS) is 10.2. The first-order valence-corrected chi connectivity index (χ1v) is 8.28. The van der Waals surface area contributed by atoms with Crippen LogP contribution in [0.3, 0.4) is 0 Å². The minimum atomic E-state index is -0.787. The summed E-state index contributed by atoms with van der Waals surface area (Å²) >= 11 is 0. The van der Waals surface area contributed by atoms with Crippen molar-refractivity contribution >= 4 is 11.9 Å². The minimum absolute atomic E-state index is 0.169. The molecule has 2 rings (SSSR count). The molecule has 0 fully saturated rings. The molecule has 0 spiro atoms. The Bertz CT molecular complexity index is 672. The summed E-state index contributed by atoms with van der Waals surface area (Å²) < 4.78 is 5.58. The second kappa shape index (κ2) is 10.1. The van der Waals surface area contributed by atoms with E-state index in [1.54, 1.807) is 12.1 Å². The van der Waals surface area contributed by atoms with Gasteiger partial charge in [0.2, 0.25) is 5.88 Å². The molecule has 1 amide bonds. The lowest BCUT2D eigenvalue weighted by molar-refractivity contribution is -0.137. The molecule has 0 saturated carbocycles. The van der Waals surface area contributed by atoms with Crippen LogP contribution < -0.4 is 10.1 Å². The van der Waals surface area contributed by atoms with Crippen molar-refractivity contribution in [1.29, 1.82) is 0 Å². The summed E-state index contributed by atoms with van der Waals surface area (Å²) in [7, 11) is 0. The molecular formula is C19H22N2O4. The zero-order valence-corrected chi connectivity index (χ0v) is 14.0. The van der Waals surface area contributed by atoms with E-state index in [2.05, 4.69) is 10.3 Å². The number of nitrogens with zero attached hydrogens (tertiary/aromatic N) is 1. The molecule has 0 bridgehead atoms. The minimum Gasteiger partial charge on any atom is -0.481 e. The van der Waals surface area contributed by atoms with Crippen LogP contribution in [0.25, 0.3) is 0 Å². The average Bonchev–Trinajstić information content (AvgIpc) is 2.63. The number of benzene rings is 1. The van der Waals surface area contributed by atoms with E-state index in [0.717, 1.165) is 18.4 Å². The number of hydrogen-bond acceptors (Lipinski definition) is 4. The molecule has 1 heterocycles. The van der Waals surface area contributed by atoms with Crippen molar-refractivity contribution in [3.8, 4) is 5.88 Å². The van der Waals surface area contributed by atoms with Crippen molar-refractivity contribution in [2.45, 2.75) is 32.3 Å². The Balaban J connectivity index is 1.69. The van der Waals surface area contributed by atoms with Crippen LogP contribution >= 0.6 is 0 Å². The van der Waals surface area contributed by atoms with Crippen molar-refractivity contribution in [2.24, 2.45) is 0 Å². The summed E-state index contributed by atoms with van der Waals surface area (Å²) in [5.74, 6) is -0.515. The van der Waals surface area contributed by atoms with Gasteiger partial charge in [-0.25, -0.2) is 4.98 Å². The molecular weight excluding hydrogens is 320 g/mol. The summed E-state index contributed by atoms with van der Waals surface area (Å²) in [6, 6.07) is 13.1. The van der Waals surface area contributed by atoms with Crippen LogP contribution in [0.2, 0.25) is 0 Å². The molecule has 0 unspecified atom stereocenters. The van der Waals surface area contributed by atoms with Crippen molar-refractivity contribution in [2.75, 3.05) is 6.54 Å². The highest BCUT2D eigenvalue weighted by Gasteiger charge is 2.06. The fourth-order valence-corrected chi connectivity index (χ4v) is 2.21. The van der Waals surface area contributed by atoms with Crippen LogP contribution in [0.15, 0.2) is 48.7 Å². The third-order valence-corrected chi connectivity index (χ3v) is 3.58. The van der Waals surface area contributed by atoms with E-state index >= 15 is 0 Å². The number of hydrogen-bond donors (Lipinski definition) is 2. The number of carboxylic acids is 1. The number of aromatic nitrogens is 1. The Morgan fingerprint density at radius 3 is 2.52 bits per heavy atom. The molecule has 0 saturated heterocycles. The van der Waals surface area contributed by atoms with Crippen LogP contribution in [0, 0.1) is 0 Å². The third-order valence-electron chi connectivity index (χ3n) is 3.58. The summed E-state index contributed by atoms with van der Waals surface area (Å²) in [5.41, 5.74) is 1.52. The fraction of sp³-hybridized carbons (Fsp3) is 0.316. The highest BCUT2D eigenvalue weighted by atomic mass is 16.5. The molecule has 0 atom stereocenters. The molecule has 0 aliphatic heterocycles. The van der Waals surface area contributed by atoms with Gasteiger partial charge in [-0.3, -0.25) is 9.59 Å². The monoisotopic (exact) mass is 342 g/mol. The van der Waals surface area contributed by atoms with Gasteiger partial charge in [-0.1, -0.05) is 36.8 Å². The molecule has 0 aliphatic rings. The lowest BCUT2D eigenvalue weighted by Gasteiger charge is -2.07. The standard InChI is InChI=1S/C19H22N2O4/c22-18(23)9-5-2-6-12-20-19(24)16-10-11-17(21-13-16)25-14-15-7-3-1-4-8-15/h1,3-4,7-8,10-11,13H,2,5-6,9,12,14H2,(H,20,24)(H,22,23). The predicted molar refractivity (Wildman–Crippen MR) is 93.4 cm³/mol. The maximum absolute atomic E-state index is 12.0. The number of unbranched alkanes of at least 4 members (excludes halogenated alkanes) is 2. The maximum atomic E-state index is 12.0. The van der Waals surface area contributed by atoms with Gasteiger partial charge < -0.3 is 15.2 Å². The van der Waals surface area contributed by atoms with E-state index in [0.29, 0.717) is 31.0 Å².